The highest BCUT2D eigenvalue weighted by Crippen LogP contribution is 2.85. The van der Waals surface area contributed by atoms with E-state index < -0.39 is 32.6 Å². The molecule has 1 heterocycles. The standard InChI is InChI=1S/C17H16F2N4S2/c1-3-24-17(25-4-2)16(9-21)13(15(16,8-20)14(22)23-17)11-7-10(18)5-6-12(11)19/h5-7,13H,3-4H2,1-2H3,(H2,22,23). The maximum absolute atomic E-state index is 14.5. The van der Waals surface area contributed by atoms with Crippen LogP contribution in [0.3, 0.4) is 0 Å². The van der Waals surface area contributed by atoms with Crippen molar-refractivity contribution in [3.05, 3.63) is 35.4 Å². The number of hydrogen-bond acceptors (Lipinski definition) is 6. The number of rotatable bonds is 5. The molecule has 2 aliphatic rings. The fraction of sp³-hybridized carbons (Fsp3) is 0.471. The Kier molecular flexibility index (Phi) is 4.25. The number of nitrogens with two attached hydrogens (primary N) is 1. The summed E-state index contributed by atoms with van der Waals surface area (Å²) in [5, 5.41) is 20.0. The van der Waals surface area contributed by atoms with Gasteiger partial charge >= 0.3 is 0 Å². The number of aliphatic imine (C=N–C) groups is 1. The summed E-state index contributed by atoms with van der Waals surface area (Å²) in [6.45, 7) is 3.85. The van der Waals surface area contributed by atoms with Crippen molar-refractivity contribution < 1.29 is 8.78 Å². The van der Waals surface area contributed by atoms with E-state index in [0.717, 1.165) is 18.2 Å². The van der Waals surface area contributed by atoms with E-state index in [-0.39, 0.29) is 11.4 Å². The van der Waals surface area contributed by atoms with Gasteiger partial charge in [0.1, 0.15) is 28.3 Å². The quantitative estimate of drug-likeness (QED) is 0.791. The van der Waals surface area contributed by atoms with Crippen LogP contribution in [-0.4, -0.2) is 21.5 Å². The van der Waals surface area contributed by atoms with Gasteiger partial charge < -0.3 is 5.73 Å². The molecule has 2 N–H and O–H groups in total. The Morgan fingerprint density at radius 3 is 2.36 bits per heavy atom. The van der Waals surface area contributed by atoms with Crippen molar-refractivity contribution in [1.29, 1.82) is 10.5 Å². The van der Waals surface area contributed by atoms with Crippen LogP contribution in [0.4, 0.5) is 8.78 Å². The van der Waals surface area contributed by atoms with Crippen molar-refractivity contribution >= 4 is 29.4 Å². The van der Waals surface area contributed by atoms with Crippen LogP contribution in [0.1, 0.15) is 25.3 Å². The summed E-state index contributed by atoms with van der Waals surface area (Å²) >= 11 is 2.83. The third-order valence-electron chi connectivity index (χ3n) is 4.88. The van der Waals surface area contributed by atoms with Crippen molar-refractivity contribution in [2.24, 2.45) is 21.6 Å². The van der Waals surface area contributed by atoms with Gasteiger partial charge in [0.05, 0.1) is 12.1 Å². The molecule has 3 atom stereocenters. The zero-order valence-electron chi connectivity index (χ0n) is 13.7. The summed E-state index contributed by atoms with van der Waals surface area (Å²) in [4.78, 5) is 4.50. The normalized spacial score (nSPS) is 31.6. The highest BCUT2D eigenvalue weighted by molar-refractivity contribution is 8.18. The molecule has 4 nitrogen and oxygen atoms in total. The average Bonchev–Trinajstić information content (AvgIpc) is 3.16. The topological polar surface area (TPSA) is 86.0 Å². The minimum absolute atomic E-state index is 0.0127. The zero-order valence-corrected chi connectivity index (χ0v) is 15.3. The molecule has 1 aromatic carbocycles. The van der Waals surface area contributed by atoms with Gasteiger partial charge in [-0.25, -0.2) is 13.8 Å². The van der Waals surface area contributed by atoms with E-state index >= 15 is 0 Å². The molecule has 0 radical (unpaired) electrons. The monoisotopic (exact) mass is 378 g/mol. The van der Waals surface area contributed by atoms with Crippen LogP contribution in [0, 0.1) is 45.1 Å². The third-order valence-corrected chi connectivity index (χ3v) is 7.77. The lowest BCUT2D eigenvalue weighted by Crippen LogP contribution is -2.31. The minimum Gasteiger partial charge on any atom is -0.386 e. The Morgan fingerprint density at radius 1 is 1.20 bits per heavy atom. The van der Waals surface area contributed by atoms with E-state index in [0.29, 0.717) is 11.5 Å². The van der Waals surface area contributed by atoms with E-state index in [4.69, 9.17) is 5.73 Å². The van der Waals surface area contributed by atoms with Crippen molar-refractivity contribution in [3.63, 3.8) is 0 Å². The Hall–Kier alpha value is -1.77. The molecule has 1 saturated carbocycles. The van der Waals surface area contributed by atoms with Gasteiger partial charge in [-0.05, 0) is 35.3 Å². The molecule has 1 aliphatic heterocycles. The molecule has 1 aromatic rings. The number of fused-ring (bicyclic) bond motifs is 1. The molecule has 3 unspecified atom stereocenters. The van der Waals surface area contributed by atoms with Crippen molar-refractivity contribution in [2.75, 3.05) is 11.5 Å². The summed E-state index contributed by atoms with van der Waals surface area (Å²) in [5.74, 6) is -0.779. The Bertz CT molecular complexity index is 838. The first-order chi connectivity index (χ1) is 11.9. The number of halogens is 2. The highest BCUT2D eigenvalue weighted by Gasteiger charge is 2.92. The number of hydrogen-bond donors (Lipinski definition) is 1. The molecule has 0 spiro atoms. The average molecular weight is 378 g/mol. The zero-order chi connectivity index (χ0) is 18.5. The number of nitriles is 2. The van der Waals surface area contributed by atoms with Gasteiger partial charge in [-0.3, -0.25) is 0 Å². The molecular formula is C17H16F2N4S2. The van der Waals surface area contributed by atoms with Gasteiger partial charge in [-0.15, -0.1) is 23.5 Å². The molecule has 1 fully saturated rings. The molecule has 8 heteroatoms. The fourth-order valence-corrected chi connectivity index (χ4v) is 7.21. The molecule has 0 aromatic heterocycles. The second-order valence-electron chi connectivity index (χ2n) is 5.88. The maximum atomic E-state index is 14.5. The second-order valence-corrected chi connectivity index (χ2v) is 9.06. The van der Waals surface area contributed by atoms with Gasteiger partial charge in [0, 0.05) is 5.92 Å². The fourth-order valence-electron chi connectivity index (χ4n) is 3.95. The second kappa shape index (κ2) is 5.89. The molecule has 1 aliphatic carbocycles. The van der Waals surface area contributed by atoms with E-state index in [1.165, 1.54) is 23.5 Å². The number of benzene rings is 1. The van der Waals surface area contributed by atoms with Crippen LogP contribution in [-0.2, 0) is 0 Å². The molecule has 3 rings (SSSR count). The molecular weight excluding hydrogens is 362 g/mol. The van der Waals surface area contributed by atoms with Crippen LogP contribution in [0.15, 0.2) is 23.2 Å². The van der Waals surface area contributed by atoms with Gasteiger partial charge in [0.25, 0.3) is 0 Å². The van der Waals surface area contributed by atoms with Crippen LogP contribution >= 0.6 is 23.5 Å². The lowest BCUT2D eigenvalue weighted by Gasteiger charge is -2.31. The highest BCUT2D eigenvalue weighted by atomic mass is 32.2. The Morgan fingerprint density at radius 2 is 1.84 bits per heavy atom. The summed E-state index contributed by atoms with van der Waals surface area (Å²) in [5.41, 5.74) is 3.37. The van der Waals surface area contributed by atoms with E-state index in [9.17, 15) is 19.3 Å². The first-order valence-corrected chi connectivity index (χ1v) is 9.79. The summed E-state index contributed by atoms with van der Waals surface area (Å²) in [6.07, 6.45) is 0. The Balaban J connectivity index is 2.27. The molecule has 0 amide bonds. The molecule has 0 saturated heterocycles. The SMILES string of the molecule is CCSC1(SCC)N=C(N)C2(C#N)C(c3cc(F)ccc3F)C12C#N. The van der Waals surface area contributed by atoms with Gasteiger partial charge in [0.2, 0.25) is 0 Å². The van der Waals surface area contributed by atoms with Crippen LogP contribution in [0.5, 0.6) is 0 Å². The molecule has 130 valence electrons. The number of nitrogens with zero attached hydrogens (tertiary/aromatic N) is 3. The van der Waals surface area contributed by atoms with E-state index in [1.54, 1.807) is 0 Å². The predicted molar refractivity (Wildman–Crippen MR) is 95.8 cm³/mol. The van der Waals surface area contributed by atoms with Gasteiger partial charge in [-0.2, -0.15) is 10.5 Å². The van der Waals surface area contributed by atoms with Gasteiger partial charge in [-0.1, -0.05) is 13.8 Å². The van der Waals surface area contributed by atoms with Crippen LogP contribution in [0.25, 0.3) is 0 Å². The summed E-state index contributed by atoms with van der Waals surface area (Å²) in [7, 11) is 0. The lowest BCUT2D eigenvalue weighted by molar-refractivity contribution is 0.545. The van der Waals surface area contributed by atoms with Crippen molar-refractivity contribution in [2.45, 2.75) is 24.0 Å². The summed E-state index contributed by atoms with van der Waals surface area (Å²) < 4.78 is 27.2. The van der Waals surface area contributed by atoms with Crippen LogP contribution in [0.2, 0.25) is 0 Å². The van der Waals surface area contributed by atoms with E-state index in [2.05, 4.69) is 17.1 Å². The molecule has 25 heavy (non-hydrogen) atoms. The lowest BCUT2D eigenvalue weighted by atomic mass is 9.97. The van der Waals surface area contributed by atoms with Crippen molar-refractivity contribution in [3.8, 4) is 12.1 Å². The van der Waals surface area contributed by atoms with Gasteiger partial charge in [0.15, 0.2) is 4.20 Å². The number of thioether (sulfide) groups is 2. The molecule has 0 bridgehead atoms. The van der Waals surface area contributed by atoms with E-state index in [1.807, 2.05) is 13.8 Å². The predicted octanol–water partition coefficient (Wildman–Crippen LogP) is 3.61. The maximum Gasteiger partial charge on any atom is 0.175 e. The number of amidine groups is 1. The first kappa shape index (κ1) is 18.0. The van der Waals surface area contributed by atoms with Crippen molar-refractivity contribution in [1.82, 2.24) is 0 Å². The Labute approximate surface area is 153 Å². The summed E-state index contributed by atoms with van der Waals surface area (Å²) in [6, 6.07) is 7.46. The minimum atomic E-state index is -1.43. The smallest absolute Gasteiger partial charge is 0.175 e. The largest absolute Gasteiger partial charge is 0.386 e. The first-order valence-electron chi connectivity index (χ1n) is 7.81. The third kappa shape index (κ3) is 1.95. The van der Waals surface area contributed by atoms with Crippen LogP contribution < -0.4 is 5.73 Å².